The highest BCUT2D eigenvalue weighted by atomic mass is 16.6. The third kappa shape index (κ3) is 9.42. The fourth-order valence-electron chi connectivity index (χ4n) is 1.81. The smallest absolute Gasteiger partial charge is 0.408 e. The number of nitrogens with one attached hydrogen (secondary N) is 2. The van der Waals surface area contributed by atoms with Gasteiger partial charge in [0.05, 0.1) is 19.3 Å². The van der Waals surface area contributed by atoms with Crippen molar-refractivity contribution >= 4 is 18.2 Å². The molecular formula is C16H27N5O6. The van der Waals surface area contributed by atoms with Crippen LogP contribution < -0.4 is 10.6 Å². The Morgan fingerprint density at radius 1 is 1.11 bits per heavy atom. The first-order valence-electron chi connectivity index (χ1n) is 8.33. The van der Waals surface area contributed by atoms with Crippen LogP contribution in [0, 0.1) is 0 Å². The summed E-state index contributed by atoms with van der Waals surface area (Å²) in [4.78, 5) is 34.7. The van der Waals surface area contributed by atoms with Crippen LogP contribution in [-0.2, 0) is 27.4 Å². The summed E-state index contributed by atoms with van der Waals surface area (Å²) >= 11 is 0. The van der Waals surface area contributed by atoms with E-state index in [1.165, 1.54) is 10.9 Å². The minimum Gasteiger partial charge on any atom is -0.480 e. The standard InChI is InChI=1S/C16H27N5O6/c1-15(2,3)26-13(24)17-7-10-8-21(20-19-10)9-11(12(22)23)18-14(25)27-16(4,5)6/h8,11H,7,9H2,1-6H3,(H,17,24)(H,18,25)(H,22,23). The first-order chi connectivity index (χ1) is 12.2. The molecule has 11 nitrogen and oxygen atoms in total. The Morgan fingerprint density at radius 3 is 2.19 bits per heavy atom. The number of hydrogen-bond acceptors (Lipinski definition) is 7. The van der Waals surface area contributed by atoms with Crippen LogP contribution in [0.5, 0.6) is 0 Å². The maximum Gasteiger partial charge on any atom is 0.408 e. The third-order valence-electron chi connectivity index (χ3n) is 2.76. The molecular weight excluding hydrogens is 358 g/mol. The molecule has 0 fully saturated rings. The van der Waals surface area contributed by atoms with E-state index in [0.29, 0.717) is 5.69 Å². The summed E-state index contributed by atoms with van der Waals surface area (Å²) in [6, 6.07) is -1.26. The van der Waals surface area contributed by atoms with Crippen LogP contribution >= 0.6 is 0 Å². The molecule has 0 radical (unpaired) electrons. The van der Waals surface area contributed by atoms with Gasteiger partial charge in [-0.2, -0.15) is 0 Å². The second-order valence-electron chi connectivity index (χ2n) is 7.82. The minimum atomic E-state index is -1.26. The highest BCUT2D eigenvalue weighted by Gasteiger charge is 2.25. The lowest BCUT2D eigenvalue weighted by Gasteiger charge is -2.21. The lowest BCUT2D eigenvalue weighted by molar-refractivity contribution is -0.139. The Hall–Kier alpha value is -2.85. The summed E-state index contributed by atoms with van der Waals surface area (Å²) in [5.41, 5.74) is -0.966. The zero-order valence-electron chi connectivity index (χ0n) is 16.4. The van der Waals surface area contributed by atoms with E-state index in [1.807, 2.05) is 0 Å². The van der Waals surface area contributed by atoms with Gasteiger partial charge in [-0.3, -0.25) is 0 Å². The van der Waals surface area contributed by atoms with E-state index in [0.717, 1.165) is 0 Å². The molecule has 152 valence electrons. The molecule has 0 bridgehead atoms. The summed E-state index contributed by atoms with van der Waals surface area (Å²) in [6.45, 7) is 10.1. The number of carbonyl (C=O) groups excluding carboxylic acids is 2. The molecule has 1 rings (SSSR count). The summed E-state index contributed by atoms with van der Waals surface area (Å²) in [5, 5.41) is 21.7. The van der Waals surface area contributed by atoms with Crippen LogP contribution in [0.2, 0.25) is 0 Å². The highest BCUT2D eigenvalue weighted by Crippen LogP contribution is 2.08. The second kappa shape index (κ2) is 8.69. The number of amides is 2. The number of ether oxygens (including phenoxy) is 2. The van der Waals surface area contributed by atoms with Crippen molar-refractivity contribution < 1.29 is 29.0 Å². The van der Waals surface area contributed by atoms with Crippen LogP contribution in [0.4, 0.5) is 9.59 Å². The van der Waals surface area contributed by atoms with Crippen molar-refractivity contribution in [2.45, 2.75) is 71.9 Å². The number of aromatic nitrogens is 3. The first-order valence-corrected chi connectivity index (χ1v) is 8.33. The van der Waals surface area contributed by atoms with Crippen LogP contribution in [0.3, 0.4) is 0 Å². The molecule has 1 aromatic heterocycles. The van der Waals surface area contributed by atoms with Gasteiger partial charge in [-0.25, -0.2) is 19.1 Å². The second-order valence-corrected chi connectivity index (χ2v) is 7.82. The van der Waals surface area contributed by atoms with E-state index in [-0.39, 0.29) is 13.1 Å². The number of carboxylic acids is 1. The van der Waals surface area contributed by atoms with Crippen LogP contribution in [0.15, 0.2) is 6.20 Å². The van der Waals surface area contributed by atoms with Gasteiger partial charge in [0, 0.05) is 0 Å². The SMILES string of the molecule is CC(C)(C)OC(=O)NCc1cn(CC(NC(=O)OC(C)(C)C)C(=O)O)nn1. The summed E-state index contributed by atoms with van der Waals surface area (Å²) < 4.78 is 11.4. The molecule has 1 aromatic rings. The van der Waals surface area contributed by atoms with Gasteiger partial charge in [0.25, 0.3) is 0 Å². The zero-order chi connectivity index (χ0) is 20.8. The molecule has 1 unspecified atom stereocenters. The number of aliphatic carboxylic acids is 1. The van der Waals surface area contributed by atoms with Crippen molar-refractivity contribution in [3.63, 3.8) is 0 Å². The van der Waals surface area contributed by atoms with E-state index >= 15 is 0 Å². The number of nitrogens with zero attached hydrogens (tertiary/aromatic N) is 3. The molecule has 3 N–H and O–H groups in total. The first kappa shape index (κ1) is 22.2. The number of carbonyl (C=O) groups is 3. The Bertz CT molecular complexity index is 674. The van der Waals surface area contributed by atoms with Crippen LogP contribution in [0.1, 0.15) is 47.2 Å². The van der Waals surface area contributed by atoms with E-state index in [4.69, 9.17) is 9.47 Å². The molecule has 0 aromatic carbocycles. The molecule has 27 heavy (non-hydrogen) atoms. The van der Waals surface area contributed by atoms with E-state index in [1.54, 1.807) is 41.5 Å². The highest BCUT2D eigenvalue weighted by molar-refractivity contribution is 5.79. The molecule has 0 aliphatic rings. The molecule has 2 amide bonds. The molecule has 0 spiro atoms. The normalized spacial score (nSPS) is 12.8. The quantitative estimate of drug-likeness (QED) is 0.664. The van der Waals surface area contributed by atoms with Gasteiger partial charge < -0.3 is 25.2 Å². The van der Waals surface area contributed by atoms with Crippen molar-refractivity contribution in [2.24, 2.45) is 0 Å². The van der Waals surface area contributed by atoms with Gasteiger partial charge in [0.1, 0.15) is 22.9 Å². The monoisotopic (exact) mass is 385 g/mol. The maximum absolute atomic E-state index is 11.8. The lowest BCUT2D eigenvalue weighted by Crippen LogP contribution is -2.45. The van der Waals surface area contributed by atoms with Gasteiger partial charge >= 0.3 is 18.2 Å². The predicted molar refractivity (Wildman–Crippen MR) is 93.9 cm³/mol. The van der Waals surface area contributed by atoms with Crippen LogP contribution in [0.25, 0.3) is 0 Å². The summed E-state index contributed by atoms with van der Waals surface area (Å²) in [5.74, 6) is -1.25. The average Bonchev–Trinajstić information content (AvgIpc) is 2.88. The topological polar surface area (TPSA) is 145 Å². The summed E-state index contributed by atoms with van der Waals surface area (Å²) in [7, 11) is 0. The molecule has 1 atom stereocenters. The van der Waals surface area contributed by atoms with E-state index in [9.17, 15) is 19.5 Å². The maximum atomic E-state index is 11.8. The van der Waals surface area contributed by atoms with Gasteiger partial charge in [-0.15, -0.1) is 5.10 Å². The molecule has 11 heteroatoms. The Morgan fingerprint density at radius 2 is 1.67 bits per heavy atom. The number of hydrogen-bond donors (Lipinski definition) is 3. The Balaban J connectivity index is 2.60. The largest absolute Gasteiger partial charge is 0.480 e. The summed E-state index contributed by atoms with van der Waals surface area (Å²) in [6.07, 6.45) is 0.0123. The zero-order valence-corrected chi connectivity index (χ0v) is 16.4. The third-order valence-corrected chi connectivity index (χ3v) is 2.76. The number of rotatable bonds is 6. The molecule has 0 aliphatic heterocycles. The fourth-order valence-corrected chi connectivity index (χ4v) is 1.81. The molecule has 1 heterocycles. The van der Waals surface area contributed by atoms with Crippen molar-refractivity contribution in [3.8, 4) is 0 Å². The van der Waals surface area contributed by atoms with Crippen molar-refractivity contribution in [3.05, 3.63) is 11.9 Å². The minimum absolute atomic E-state index is 0.0617. The Kier molecular flexibility index (Phi) is 7.14. The van der Waals surface area contributed by atoms with Crippen molar-refractivity contribution in [1.29, 1.82) is 0 Å². The van der Waals surface area contributed by atoms with Gasteiger partial charge in [0.2, 0.25) is 0 Å². The van der Waals surface area contributed by atoms with Gasteiger partial charge in [0.15, 0.2) is 0 Å². The number of alkyl carbamates (subject to hydrolysis) is 2. The van der Waals surface area contributed by atoms with Gasteiger partial charge in [-0.1, -0.05) is 5.21 Å². The molecule has 0 saturated heterocycles. The number of carboxylic acid groups (broad SMARTS) is 1. The van der Waals surface area contributed by atoms with E-state index < -0.39 is 35.4 Å². The average molecular weight is 385 g/mol. The van der Waals surface area contributed by atoms with Crippen LogP contribution in [-0.4, -0.2) is 55.5 Å². The molecule has 0 saturated carbocycles. The lowest BCUT2D eigenvalue weighted by atomic mass is 10.2. The fraction of sp³-hybridized carbons (Fsp3) is 0.688. The Labute approximate surface area is 157 Å². The van der Waals surface area contributed by atoms with E-state index in [2.05, 4.69) is 20.9 Å². The van der Waals surface area contributed by atoms with Crippen molar-refractivity contribution in [1.82, 2.24) is 25.6 Å². The van der Waals surface area contributed by atoms with Crippen molar-refractivity contribution in [2.75, 3.05) is 0 Å². The van der Waals surface area contributed by atoms with Gasteiger partial charge in [-0.05, 0) is 41.5 Å². The predicted octanol–water partition coefficient (Wildman–Crippen LogP) is 1.28. The molecule has 0 aliphatic carbocycles.